The first-order valence-electron chi connectivity index (χ1n) is 9.48. The Morgan fingerprint density at radius 3 is 2.69 bits per heavy atom. The van der Waals surface area contributed by atoms with E-state index < -0.39 is 0 Å². The molecule has 0 aliphatic carbocycles. The molecule has 150 valence electrons. The van der Waals surface area contributed by atoms with Crippen molar-refractivity contribution in [2.45, 2.75) is 11.7 Å². The predicted molar refractivity (Wildman–Crippen MR) is 116 cm³/mol. The van der Waals surface area contributed by atoms with Gasteiger partial charge in [0.05, 0.1) is 5.69 Å². The molecule has 1 aliphatic heterocycles. The fourth-order valence-electron chi connectivity index (χ4n) is 3.55. The first kappa shape index (κ1) is 20.0. The molecule has 0 spiro atoms. The summed E-state index contributed by atoms with van der Waals surface area (Å²) >= 11 is 8.21. The summed E-state index contributed by atoms with van der Waals surface area (Å²) in [7, 11) is 1.76. The molecule has 3 aromatic rings. The molecule has 0 bridgehead atoms. The number of thioether (sulfide) groups is 1. The number of amides is 1. The van der Waals surface area contributed by atoms with E-state index in [9.17, 15) is 9.18 Å². The molecule has 0 unspecified atom stereocenters. The SMILES string of the molecule is Cn1nc(-c2ccc(F)cc2)cc1C(=O)N1CCS[C@@H](c2ccccc2Cl)CC1. The van der Waals surface area contributed by atoms with Gasteiger partial charge in [-0.15, -0.1) is 0 Å². The van der Waals surface area contributed by atoms with Crippen LogP contribution in [0.1, 0.15) is 27.7 Å². The van der Waals surface area contributed by atoms with E-state index >= 15 is 0 Å². The second kappa shape index (κ2) is 8.59. The van der Waals surface area contributed by atoms with Crippen molar-refractivity contribution in [2.24, 2.45) is 7.05 Å². The lowest BCUT2D eigenvalue weighted by Crippen LogP contribution is -2.34. The van der Waals surface area contributed by atoms with Crippen molar-refractivity contribution in [2.75, 3.05) is 18.8 Å². The minimum Gasteiger partial charge on any atom is -0.336 e. The Hall–Kier alpha value is -2.31. The molecule has 1 saturated heterocycles. The zero-order chi connectivity index (χ0) is 20.4. The van der Waals surface area contributed by atoms with Gasteiger partial charge in [-0.1, -0.05) is 29.8 Å². The molecule has 0 saturated carbocycles. The second-order valence-corrected chi connectivity index (χ2v) is 8.72. The lowest BCUT2D eigenvalue weighted by Gasteiger charge is -2.20. The highest BCUT2D eigenvalue weighted by Crippen LogP contribution is 2.38. The second-order valence-electron chi connectivity index (χ2n) is 7.01. The number of hydrogen-bond acceptors (Lipinski definition) is 3. The summed E-state index contributed by atoms with van der Waals surface area (Å²) in [5.74, 6) is 0.523. The maximum atomic E-state index is 13.2. The lowest BCUT2D eigenvalue weighted by atomic mass is 10.1. The molecular formula is C22H21ClFN3OS. The van der Waals surface area contributed by atoms with E-state index in [0.29, 0.717) is 24.5 Å². The smallest absolute Gasteiger partial charge is 0.272 e. The standard InChI is InChI=1S/C22H21ClFN3OS/c1-26-20(14-19(25-26)15-6-8-16(24)9-7-15)22(28)27-11-10-21(29-13-12-27)17-4-2-3-5-18(17)23/h2-9,14,21H,10-13H2,1H3/t21-/m1/s1. The molecule has 29 heavy (non-hydrogen) atoms. The van der Waals surface area contributed by atoms with Crippen LogP contribution < -0.4 is 0 Å². The summed E-state index contributed by atoms with van der Waals surface area (Å²) in [6.07, 6.45) is 0.850. The number of carbonyl (C=O) groups is 1. The van der Waals surface area contributed by atoms with Crippen molar-refractivity contribution < 1.29 is 9.18 Å². The van der Waals surface area contributed by atoms with E-state index in [1.165, 1.54) is 12.1 Å². The normalized spacial score (nSPS) is 17.2. The average molecular weight is 430 g/mol. The maximum Gasteiger partial charge on any atom is 0.272 e. The van der Waals surface area contributed by atoms with Crippen LogP contribution in [0.15, 0.2) is 54.6 Å². The van der Waals surface area contributed by atoms with Gasteiger partial charge in [-0.3, -0.25) is 9.48 Å². The summed E-state index contributed by atoms with van der Waals surface area (Å²) < 4.78 is 14.8. The largest absolute Gasteiger partial charge is 0.336 e. The molecule has 1 atom stereocenters. The zero-order valence-corrected chi connectivity index (χ0v) is 17.6. The summed E-state index contributed by atoms with van der Waals surface area (Å²) in [5, 5.41) is 5.51. The molecule has 1 aromatic heterocycles. The van der Waals surface area contributed by atoms with Crippen LogP contribution in [0.4, 0.5) is 4.39 Å². The van der Waals surface area contributed by atoms with Gasteiger partial charge in [0.15, 0.2) is 0 Å². The van der Waals surface area contributed by atoms with Crippen LogP contribution in [0, 0.1) is 5.82 Å². The maximum absolute atomic E-state index is 13.2. The molecule has 4 rings (SSSR count). The van der Waals surface area contributed by atoms with Crippen molar-refractivity contribution in [1.82, 2.24) is 14.7 Å². The summed E-state index contributed by atoms with van der Waals surface area (Å²) in [6.45, 7) is 1.35. The van der Waals surface area contributed by atoms with Crippen molar-refractivity contribution in [3.63, 3.8) is 0 Å². The number of halogens is 2. The first-order valence-corrected chi connectivity index (χ1v) is 10.9. The third-order valence-electron chi connectivity index (χ3n) is 5.12. The van der Waals surface area contributed by atoms with Gasteiger partial charge in [-0.25, -0.2) is 4.39 Å². The van der Waals surface area contributed by atoms with Crippen LogP contribution in [0.25, 0.3) is 11.3 Å². The number of benzene rings is 2. The molecule has 1 amide bonds. The number of aromatic nitrogens is 2. The molecule has 7 heteroatoms. The highest BCUT2D eigenvalue weighted by molar-refractivity contribution is 7.99. The highest BCUT2D eigenvalue weighted by atomic mass is 35.5. The number of nitrogens with zero attached hydrogens (tertiary/aromatic N) is 3. The van der Waals surface area contributed by atoms with Gasteiger partial charge in [-0.2, -0.15) is 16.9 Å². The van der Waals surface area contributed by atoms with Crippen LogP contribution in [-0.4, -0.2) is 39.4 Å². The third-order valence-corrected chi connectivity index (χ3v) is 6.77. The average Bonchev–Trinajstić information content (AvgIpc) is 2.95. The minimum absolute atomic E-state index is 0.0335. The van der Waals surface area contributed by atoms with Gasteiger partial charge in [0.25, 0.3) is 5.91 Å². The fourth-order valence-corrected chi connectivity index (χ4v) is 5.15. The Balaban J connectivity index is 1.50. The molecule has 1 fully saturated rings. The Morgan fingerprint density at radius 2 is 1.93 bits per heavy atom. The fraction of sp³-hybridized carbons (Fsp3) is 0.273. The highest BCUT2D eigenvalue weighted by Gasteiger charge is 2.26. The van der Waals surface area contributed by atoms with E-state index in [4.69, 9.17) is 11.6 Å². The number of rotatable bonds is 3. The Labute approximate surface area is 178 Å². The molecule has 2 aromatic carbocycles. The van der Waals surface area contributed by atoms with Crippen molar-refractivity contribution in [1.29, 1.82) is 0 Å². The van der Waals surface area contributed by atoms with Crippen LogP contribution in [0.2, 0.25) is 5.02 Å². The monoisotopic (exact) mass is 429 g/mol. The van der Waals surface area contributed by atoms with Gasteiger partial charge in [0.1, 0.15) is 11.5 Å². The van der Waals surface area contributed by atoms with Crippen molar-refractivity contribution >= 4 is 29.3 Å². The molecule has 0 radical (unpaired) electrons. The van der Waals surface area contributed by atoms with Crippen LogP contribution in [0.3, 0.4) is 0 Å². The van der Waals surface area contributed by atoms with Gasteiger partial charge >= 0.3 is 0 Å². The van der Waals surface area contributed by atoms with E-state index in [-0.39, 0.29) is 17.0 Å². The molecule has 2 heterocycles. The number of aryl methyl sites for hydroxylation is 1. The Bertz CT molecular complexity index is 1020. The zero-order valence-electron chi connectivity index (χ0n) is 16.0. The van der Waals surface area contributed by atoms with Crippen LogP contribution >= 0.6 is 23.4 Å². The summed E-state index contributed by atoms with van der Waals surface area (Å²) in [6, 6.07) is 15.8. The van der Waals surface area contributed by atoms with Crippen LogP contribution in [0.5, 0.6) is 0 Å². The van der Waals surface area contributed by atoms with Crippen molar-refractivity contribution in [3.05, 3.63) is 76.7 Å². The number of carbonyl (C=O) groups excluding carboxylic acids is 1. The van der Waals surface area contributed by atoms with E-state index in [1.54, 1.807) is 29.9 Å². The summed E-state index contributed by atoms with van der Waals surface area (Å²) in [4.78, 5) is 15.0. The summed E-state index contributed by atoms with van der Waals surface area (Å²) in [5.41, 5.74) is 3.11. The first-order chi connectivity index (χ1) is 14.0. The Morgan fingerprint density at radius 1 is 1.17 bits per heavy atom. The lowest BCUT2D eigenvalue weighted by molar-refractivity contribution is 0.0755. The topological polar surface area (TPSA) is 38.1 Å². The molecular weight excluding hydrogens is 409 g/mol. The third kappa shape index (κ3) is 4.33. The predicted octanol–water partition coefficient (Wildman–Crippen LogP) is 5.20. The van der Waals surface area contributed by atoms with E-state index in [2.05, 4.69) is 11.2 Å². The van der Waals surface area contributed by atoms with Gasteiger partial charge in [0, 0.05) is 41.7 Å². The van der Waals surface area contributed by atoms with Crippen LogP contribution in [-0.2, 0) is 7.05 Å². The van der Waals surface area contributed by atoms with E-state index in [1.807, 2.05) is 34.9 Å². The van der Waals surface area contributed by atoms with Crippen molar-refractivity contribution in [3.8, 4) is 11.3 Å². The van der Waals surface area contributed by atoms with Gasteiger partial charge in [0.2, 0.25) is 0 Å². The Kier molecular flexibility index (Phi) is 5.92. The minimum atomic E-state index is -0.295. The molecule has 1 aliphatic rings. The molecule has 4 nitrogen and oxygen atoms in total. The number of hydrogen-bond donors (Lipinski definition) is 0. The van der Waals surface area contributed by atoms with E-state index in [0.717, 1.165) is 28.3 Å². The van der Waals surface area contributed by atoms with Gasteiger partial charge < -0.3 is 4.90 Å². The quantitative estimate of drug-likeness (QED) is 0.574. The molecule has 0 N–H and O–H groups in total. The van der Waals surface area contributed by atoms with Gasteiger partial charge in [-0.05, 0) is 48.4 Å².